The normalized spacial score (nSPS) is 11.5. The summed E-state index contributed by atoms with van der Waals surface area (Å²) in [7, 11) is 0. The first-order valence-corrected chi connectivity index (χ1v) is 7.64. The molecule has 120 valence electrons. The maximum absolute atomic E-state index is 12.5. The molecule has 0 bridgehead atoms. The van der Waals surface area contributed by atoms with Crippen molar-refractivity contribution in [3.8, 4) is 0 Å². The van der Waals surface area contributed by atoms with Crippen LogP contribution in [0, 0.1) is 0 Å². The number of benzene rings is 2. The molecular weight excluding hydrogens is 306 g/mol. The lowest BCUT2D eigenvalue weighted by Gasteiger charge is -2.06. The summed E-state index contributed by atoms with van der Waals surface area (Å²) in [5.74, 6) is 0.136. The van der Waals surface area contributed by atoms with E-state index in [0.29, 0.717) is 22.5 Å². The molecule has 0 fully saturated rings. The van der Waals surface area contributed by atoms with E-state index in [1.165, 1.54) is 0 Å². The minimum Gasteiger partial charge on any atom is -0.354 e. The summed E-state index contributed by atoms with van der Waals surface area (Å²) in [6.07, 6.45) is 0. The molecular formula is C17H15N5O2. The molecule has 0 spiro atoms. The molecule has 2 aromatic heterocycles. The zero-order valence-corrected chi connectivity index (χ0v) is 13.2. The Bertz CT molecular complexity index is 1050. The number of nitrogens with one attached hydrogen (secondary N) is 1. The van der Waals surface area contributed by atoms with E-state index in [4.69, 9.17) is 4.52 Å². The van der Waals surface area contributed by atoms with Crippen LogP contribution in [0.1, 0.15) is 30.2 Å². The summed E-state index contributed by atoms with van der Waals surface area (Å²) in [4.78, 5) is 12.5. The molecule has 0 aliphatic carbocycles. The van der Waals surface area contributed by atoms with E-state index in [1.54, 1.807) is 18.2 Å². The molecule has 0 aliphatic rings. The third-order valence-corrected chi connectivity index (χ3v) is 3.83. The largest absolute Gasteiger partial charge is 0.354 e. The lowest BCUT2D eigenvalue weighted by molar-refractivity contribution is 0.102. The van der Waals surface area contributed by atoms with Gasteiger partial charge in [0, 0.05) is 11.6 Å². The lowest BCUT2D eigenvalue weighted by atomic mass is 10.1. The fourth-order valence-corrected chi connectivity index (χ4v) is 2.62. The van der Waals surface area contributed by atoms with Crippen LogP contribution in [0.5, 0.6) is 0 Å². The number of nitrogens with zero attached hydrogens (tertiary/aromatic N) is 4. The molecule has 2 heterocycles. The average molecular weight is 321 g/mol. The van der Waals surface area contributed by atoms with E-state index in [-0.39, 0.29) is 11.9 Å². The van der Waals surface area contributed by atoms with Crippen LogP contribution < -0.4 is 5.32 Å². The Kier molecular flexibility index (Phi) is 3.26. The van der Waals surface area contributed by atoms with Crippen LogP contribution >= 0.6 is 0 Å². The molecule has 24 heavy (non-hydrogen) atoms. The Hall–Kier alpha value is -3.22. The molecule has 0 saturated carbocycles. The minimum atomic E-state index is -0.268. The molecule has 0 saturated heterocycles. The molecule has 0 aliphatic heterocycles. The van der Waals surface area contributed by atoms with Gasteiger partial charge >= 0.3 is 0 Å². The number of amides is 1. The zero-order valence-electron chi connectivity index (χ0n) is 13.2. The quantitative estimate of drug-likeness (QED) is 0.625. The second kappa shape index (κ2) is 5.45. The number of carbonyl (C=O) groups excluding carboxylic acids is 1. The summed E-state index contributed by atoms with van der Waals surface area (Å²) in [5, 5.41) is 15.7. The minimum absolute atomic E-state index is 0.205. The fourth-order valence-electron chi connectivity index (χ4n) is 2.62. The van der Waals surface area contributed by atoms with Crippen LogP contribution in [0.15, 0.2) is 47.0 Å². The van der Waals surface area contributed by atoms with Crippen molar-refractivity contribution in [2.45, 2.75) is 19.9 Å². The molecule has 4 aromatic rings. The van der Waals surface area contributed by atoms with Gasteiger partial charge < -0.3 is 9.84 Å². The second-order valence-corrected chi connectivity index (χ2v) is 5.81. The summed E-state index contributed by atoms with van der Waals surface area (Å²) in [6.45, 7) is 4.06. The number of aromatic nitrogens is 4. The summed E-state index contributed by atoms with van der Waals surface area (Å²) >= 11 is 0. The predicted molar refractivity (Wildman–Crippen MR) is 89.9 cm³/mol. The first-order chi connectivity index (χ1) is 11.6. The fraction of sp³-hybridized carbons (Fsp3) is 0.176. The highest BCUT2D eigenvalue weighted by Crippen LogP contribution is 2.23. The summed E-state index contributed by atoms with van der Waals surface area (Å²) < 4.78 is 7.02. The van der Waals surface area contributed by atoms with Gasteiger partial charge in [-0.2, -0.15) is 0 Å². The number of rotatable bonds is 3. The Morgan fingerprint density at radius 2 is 2.04 bits per heavy atom. The van der Waals surface area contributed by atoms with Gasteiger partial charge in [0.1, 0.15) is 5.52 Å². The average Bonchev–Trinajstić information content (AvgIpc) is 3.18. The van der Waals surface area contributed by atoms with Crippen molar-refractivity contribution in [2.75, 3.05) is 5.32 Å². The van der Waals surface area contributed by atoms with Crippen molar-refractivity contribution < 1.29 is 9.32 Å². The Morgan fingerprint density at radius 1 is 1.21 bits per heavy atom. The van der Waals surface area contributed by atoms with Crippen LogP contribution in [-0.4, -0.2) is 26.1 Å². The molecule has 4 rings (SSSR count). The van der Waals surface area contributed by atoms with Crippen molar-refractivity contribution in [2.24, 2.45) is 0 Å². The predicted octanol–water partition coefficient (Wildman–Crippen LogP) is 3.41. The van der Waals surface area contributed by atoms with Crippen LogP contribution in [0.2, 0.25) is 0 Å². The van der Waals surface area contributed by atoms with E-state index >= 15 is 0 Å². The topological polar surface area (TPSA) is 85.8 Å². The molecule has 1 N–H and O–H groups in total. The number of hydrogen-bond acceptors (Lipinski definition) is 5. The molecule has 1 amide bonds. The van der Waals surface area contributed by atoms with E-state index < -0.39 is 0 Å². The van der Waals surface area contributed by atoms with Crippen LogP contribution in [0.3, 0.4) is 0 Å². The SMILES string of the molecule is CC(C)n1nnc2cc(C(=O)Nc3noc4ccccc34)ccc21. The monoisotopic (exact) mass is 321 g/mol. The van der Waals surface area contributed by atoms with Crippen molar-refractivity contribution in [3.63, 3.8) is 0 Å². The highest BCUT2D eigenvalue weighted by atomic mass is 16.5. The smallest absolute Gasteiger partial charge is 0.257 e. The Labute approximate surface area is 137 Å². The van der Waals surface area contributed by atoms with Gasteiger partial charge in [-0.3, -0.25) is 4.79 Å². The van der Waals surface area contributed by atoms with Gasteiger partial charge in [0.2, 0.25) is 0 Å². The molecule has 0 radical (unpaired) electrons. The standard InChI is InChI=1S/C17H15N5O2/c1-10(2)22-14-8-7-11(9-13(14)19-21-22)17(23)18-16-12-5-3-4-6-15(12)24-20-16/h3-10H,1-2H3,(H,18,20,23). The molecule has 7 heteroatoms. The third-order valence-electron chi connectivity index (χ3n) is 3.83. The van der Waals surface area contributed by atoms with Gasteiger partial charge in [0.25, 0.3) is 5.91 Å². The van der Waals surface area contributed by atoms with E-state index in [2.05, 4.69) is 20.8 Å². The van der Waals surface area contributed by atoms with Gasteiger partial charge in [0.15, 0.2) is 11.4 Å². The zero-order chi connectivity index (χ0) is 16.7. The van der Waals surface area contributed by atoms with E-state index in [9.17, 15) is 4.79 Å². The Morgan fingerprint density at radius 3 is 2.88 bits per heavy atom. The van der Waals surface area contributed by atoms with E-state index in [0.717, 1.165) is 10.9 Å². The highest BCUT2D eigenvalue weighted by Gasteiger charge is 2.15. The number of para-hydroxylation sites is 1. The third kappa shape index (κ3) is 2.30. The number of anilines is 1. The molecule has 7 nitrogen and oxygen atoms in total. The number of fused-ring (bicyclic) bond motifs is 2. The second-order valence-electron chi connectivity index (χ2n) is 5.81. The van der Waals surface area contributed by atoms with Crippen molar-refractivity contribution >= 4 is 33.7 Å². The number of hydrogen-bond donors (Lipinski definition) is 1. The van der Waals surface area contributed by atoms with Crippen molar-refractivity contribution in [1.82, 2.24) is 20.2 Å². The summed E-state index contributed by atoms with van der Waals surface area (Å²) in [6, 6.07) is 12.9. The first kappa shape index (κ1) is 14.4. The van der Waals surface area contributed by atoms with Gasteiger partial charge in [-0.15, -0.1) is 5.10 Å². The van der Waals surface area contributed by atoms with Crippen LogP contribution in [0.25, 0.3) is 22.0 Å². The van der Waals surface area contributed by atoms with Gasteiger partial charge in [-0.1, -0.05) is 22.5 Å². The van der Waals surface area contributed by atoms with Gasteiger partial charge in [0.05, 0.1) is 10.9 Å². The molecule has 2 aromatic carbocycles. The van der Waals surface area contributed by atoms with Crippen LogP contribution in [0.4, 0.5) is 5.82 Å². The first-order valence-electron chi connectivity index (χ1n) is 7.64. The number of carbonyl (C=O) groups is 1. The maximum atomic E-state index is 12.5. The van der Waals surface area contributed by atoms with Gasteiger partial charge in [-0.05, 0) is 44.2 Å². The van der Waals surface area contributed by atoms with Gasteiger partial charge in [-0.25, -0.2) is 4.68 Å². The lowest BCUT2D eigenvalue weighted by Crippen LogP contribution is -2.12. The van der Waals surface area contributed by atoms with Crippen molar-refractivity contribution in [1.29, 1.82) is 0 Å². The van der Waals surface area contributed by atoms with Crippen LogP contribution in [-0.2, 0) is 0 Å². The molecule has 0 atom stereocenters. The van der Waals surface area contributed by atoms with Crippen molar-refractivity contribution in [3.05, 3.63) is 48.0 Å². The maximum Gasteiger partial charge on any atom is 0.257 e. The molecule has 0 unspecified atom stereocenters. The summed E-state index contributed by atoms with van der Waals surface area (Å²) in [5.41, 5.74) is 2.70. The van der Waals surface area contributed by atoms with E-state index in [1.807, 2.05) is 42.8 Å². The Balaban J connectivity index is 1.66. The highest BCUT2D eigenvalue weighted by molar-refractivity contribution is 6.08.